The van der Waals surface area contributed by atoms with Crippen LogP contribution in [0.3, 0.4) is 0 Å². The maximum Gasteiger partial charge on any atom is 0.185 e. The number of nitrogens with zero attached hydrogens (tertiary/aromatic N) is 2. The number of thiazole rings is 1. The van der Waals surface area contributed by atoms with Crippen molar-refractivity contribution in [2.24, 2.45) is 5.92 Å². The van der Waals surface area contributed by atoms with Gasteiger partial charge in [0.2, 0.25) is 0 Å². The van der Waals surface area contributed by atoms with Gasteiger partial charge in [-0.05, 0) is 18.3 Å². The Morgan fingerprint density at radius 2 is 1.89 bits per heavy atom. The van der Waals surface area contributed by atoms with E-state index in [1.807, 2.05) is 11.3 Å². The monoisotopic (exact) mass is 267 g/mol. The Hall–Kier alpha value is -0.610. The van der Waals surface area contributed by atoms with Crippen molar-refractivity contribution in [3.63, 3.8) is 0 Å². The summed E-state index contributed by atoms with van der Waals surface area (Å²) in [7, 11) is 0. The van der Waals surface area contributed by atoms with Gasteiger partial charge in [0.25, 0.3) is 0 Å². The van der Waals surface area contributed by atoms with Crippen LogP contribution in [0, 0.1) is 5.92 Å². The number of rotatable bonds is 4. The van der Waals surface area contributed by atoms with E-state index in [1.165, 1.54) is 15.7 Å². The van der Waals surface area contributed by atoms with E-state index in [-0.39, 0.29) is 0 Å². The molecule has 102 valence electrons. The zero-order valence-corrected chi connectivity index (χ0v) is 12.8. The highest BCUT2D eigenvalue weighted by molar-refractivity contribution is 7.15. The van der Waals surface area contributed by atoms with Crippen molar-refractivity contribution in [3.8, 4) is 0 Å². The lowest BCUT2D eigenvalue weighted by molar-refractivity contribution is 0.585. The summed E-state index contributed by atoms with van der Waals surface area (Å²) in [4.78, 5) is 8.82. The lowest BCUT2D eigenvalue weighted by Gasteiger charge is -2.26. The van der Waals surface area contributed by atoms with Crippen molar-refractivity contribution in [2.45, 2.75) is 40.0 Å². The largest absolute Gasteiger partial charge is 0.346 e. The Bertz CT molecular complexity index is 378. The molecule has 2 rings (SSSR count). The summed E-state index contributed by atoms with van der Waals surface area (Å²) in [6.07, 6.45) is 1.11. The fourth-order valence-electron chi connectivity index (χ4n) is 2.33. The van der Waals surface area contributed by atoms with Crippen molar-refractivity contribution in [3.05, 3.63) is 10.6 Å². The fraction of sp³-hybridized carbons (Fsp3) is 0.786. The van der Waals surface area contributed by atoms with Crippen molar-refractivity contribution in [1.29, 1.82) is 0 Å². The predicted molar refractivity (Wildman–Crippen MR) is 79.8 cm³/mol. The molecule has 0 unspecified atom stereocenters. The third kappa shape index (κ3) is 3.23. The summed E-state index contributed by atoms with van der Waals surface area (Å²) >= 11 is 1.90. The van der Waals surface area contributed by atoms with Crippen LogP contribution in [0.15, 0.2) is 0 Å². The Kier molecular flexibility index (Phi) is 4.62. The molecule has 3 nitrogen and oxygen atoms in total. The minimum Gasteiger partial charge on any atom is -0.346 e. The zero-order chi connectivity index (χ0) is 13.1. The molecule has 0 aliphatic carbocycles. The molecule has 1 saturated heterocycles. The van der Waals surface area contributed by atoms with Gasteiger partial charge >= 0.3 is 0 Å². The average Bonchev–Trinajstić information content (AvgIpc) is 2.73. The maximum atomic E-state index is 4.91. The standard InChI is InChI=1S/C14H25N3S/c1-10(2)9-12-13(11(3)4)18-14(16-12)17-7-5-15-6-8-17/h10-11,15H,5-9H2,1-4H3. The molecule has 1 aliphatic heterocycles. The molecular weight excluding hydrogens is 242 g/mol. The lowest BCUT2D eigenvalue weighted by atomic mass is 10.0. The molecule has 0 bridgehead atoms. The quantitative estimate of drug-likeness (QED) is 0.909. The zero-order valence-electron chi connectivity index (χ0n) is 12.0. The van der Waals surface area contributed by atoms with Crippen molar-refractivity contribution < 1.29 is 0 Å². The first-order chi connectivity index (χ1) is 8.58. The molecule has 1 N–H and O–H groups in total. The molecule has 0 atom stereocenters. The van der Waals surface area contributed by atoms with Gasteiger partial charge < -0.3 is 10.2 Å². The molecule has 1 aromatic heterocycles. The Morgan fingerprint density at radius 1 is 1.22 bits per heavy atom. The van der Waals surface area contributed by atoms with Crippen LogP contribution in [0.25, 0.3) is 0 Å². The minimum absolute atomic E-state index is 0.591. The summed E-state index contributed by atoms with van der Waals surface area (Å²) in [5.41, 5.74) is 1.33. The molecule has 1 aromatic rings. The smallest absolute Gasteiger partial charge is 0.185 e. The summed E-state index contributed by atoms with van der Waals surface area (Å²) in [6, 6.07) is 0. The first kappa shape index (κ1) is 13.8. The van der Waals surface area contributed by atoms with E-state index in [1.54, 1.807) is 0 Å². The topological polar surface area (TPSA) is 28.2 Å². The molecule has 2 heterocycles. The number of nitrogens with one attached hydrogen (secondary N) is 1. The fourth-order valence-corrected chi connectivity index (χ4v) is 3.47. The molecule has 0 amide bonds. The summed E-state index contributed by atoms with van der Waals surface area (Å²) in [6.45, 7) is 13.4. The SMILES string of the molecule is CC(C)Cc1nc(N2CCNCC2)sc1C(C)C. The molecule has 1 fully saturated rings. The van der Waals surface area contributed by atoms with Gasteiger partial charge in [-0.2, -0.15) is 0 Å². The highest BCUT2D eigenvalue weighted by Crippen LogP contribution is 2.33. The number of anilines is 1. The van der Waals surface area contributed by atoms with Crippen LogP contribution in [0.1, 0.15) is 44.2 Å². The minimum atomic E-state index is 0.591. The molecule has 0 radical (unpaired) electrons. The molecule has 0 aromatic carbocycles. The predicted octanol–water partition coefficient (Wildman–Crippen LogP) is 2.87. The van der Waals surface area contributed by atoms with Gasteiger partial charge in [-0.15, -0.1) is 11.3 Å². The Labute approximate surface area is 115 Å². The maximum absolute atomic E-state index is 4.91. The normalized spacial score (nSPS) is 16.9. The third-order valence-electron chi connectivity index (χ3n) is 3.23. The van der Waals surface area contributed by atoms with Gasteiger partial charge in [-0.25, -0.2) is 4.98 Å². The van der Waals surface area contributed by atoms with E-state index >= 15 is 0 Å². The number of hydrogen-bond donors (Lipinski definition) is 1. The summed E-state index contributed by atoms with van der Waals surface area (Å²) in [5, 5.41) is 4.63. The van der Waals surface area contributed by atoms with Crippen LogP contribution in [0.2, 0.25) is 0 Å². The van der Waals surface area contributed by atoms with Gasteiger partial charge in [0.15, 0.2) is 5.13 Å². The van der Waals surface area contributed by atoms with E-state index in [0.29, 0.717) is 11.8 Å². The molecule has 0 spiro atoms. The number of hydrogen-bond acceptors (Lipinski definition) is 4. The van der Waals surface area contributed by atoms with E-state index in [9.17, 15) is 0 Å². The van der Waals surface area contributed by atoms with Crippen LogP contribution >= 0.6 is 11.3 Å². The first-order valence-corrected chi connectivity index (χ1v) is 7.85. The Balaban J connectivity index is 2.20. The molecular formula is C14H25N3S. The lowest BCUT2D eigenvalue weighted by Crippen LogP contribution is -2.43. The second kappa shape index (κ2) is 6.02. The van der Waals surface area contributed by atoms with E-state index in [0.717, 1.165) is 32.6 Å². The van der Waals surface area contributed by atoms with Crippen LogP contribution in [0.4, 0.5) is 5.13 Å². The van der Waals surface area contributed by atoms with E-state index in [4.69, 9.17) is 4.98 Å². The summed E-state index contributed by atoms with van der Waals surface area (Å²) < 4.78 is 0. The second-order valence-electron chi connectivity index (χ2n) is 5.80. The van der Waals surface area contributed by atoms with Crippen LogP contribution in [0.5, 0.6) is 0 Å². The number of piperazine rings is 1. The average molecular weight is 267 g/mol. The van der Waals surface area contributed by atoms with Crippen LogP contribution in [-0.2, 0) is 6.42 Å². The van der Waals surface area contributed by atoms with E-state index < -0.39 is 0 Å². The summed E-state index contributed by atoms with van der Waals surface area (Å²) in [5.74, 6) is 1.27. The third-order valence-corrected chi connectivity index (χ3v) is 4.69. The van der Waals surface area contributed by atoms with Gasteiger partial charge in [0.05, 0.1) is 5.69 Å². The first-order valence-electron chi connectivity index (χ1n) is 7.03. The highest BCUT2D eigenvalue weighted by Gasteiger charge is 2.19. The van der Waals surface area contributed by atoms with Crippen molar-refractivity contribution in [1.82, 2.24) is 10.3 Å². The van der Waals surface area contributed by atoms with E-state index in [2.05, 4.69) is 37.9 Å². The van der Waals surface area contributed by atoms with Gasteiger partial charge in [-0.3, -0.25) is 0 Å². The number of aromatic nitrogens is 1. The molecule has 1 aliphatic rings. The molecule has 18 heavy (non-hydrogen) atoms. The van der Waals surface area contributed by atoms with Crippen molar-refractivity contribution in [2.75, 3.05) is 31.1 Å². The Morgan fingerprint density at radius 3 is 2.44 bits per heavy atom. The molecule has 0 saturated carbocycles. The van der Waals surface area contributed by atoms with Gasteiger partial charge in [0.1, 0.15) is 0 Å². The van der Waals surface area contributed by atoms with Crippen molar-refractivity contribution >= 4 is 16.5 Å². The van der Waals surface area contributed by atoms with Gasteiger partial charge in [0, 0.05) is 31.1 Å². The van der Waals surface area contributed by atoms with Gasteiger partial charge in [-0.1, -0.05) is 27.7 Å². The molecule has 4 heteroatoms. The van der Waals surface area contributed by atoms with Crippen LogP contribution in [-0.4, -0.2) is 31.2 Å². The van der Waals surface area contributed by atoms with Crippen LogP contribution < -0.4 is 10.2 Å². The highest BCUT2D eigenvalue weighted by atomic mass is 32.1. The second-order valence-corrected chi connectivity index (χ2v) is 6.81.